The molecule has 0 unspecified atom stereocenters. The third-order valence-corrected chi connectivity index (χ3v) is 2.59. The molecule has 0 aliphatic heterocycles. The molecule has 1 aromatic carbocycles. The highest BCUT2D eigenvalue weighted by molar-refractivity contribution is 5.59. The van der Waals surface area contributed by atoms with Gasteiger partial charge in [-0.05, 0) is 25.5 Å². The molecule has 0 amide bonds. The Labute approximate surface area is 116 Å². The molecule has 2 rings (SSSR count). The number of rotatable bonds is 5. The van der Waals surface area contributed by atoms with Crippen LogP contribution in [0.2, 0.25) is 0 Å². The van der Waals surface area contributed by atoms with E-state index in [1.54, 1.807) is 13.0 Å². The van der Waals surface area contributed by atoms with Gasteiger partial charge >= 0.3 is 0 Å². The quantitative estimate of drug-likeness (QED) is 0.877. The number of benzene rings is 1. The van der Waals surface area contributed by atoms with Crippen LogP contribution in [0.15, 0.2) is 24.3 Å². The maximum Gasteiger partial charge on any atom is 0.149 e. The van der Waals surface area contributed by atoms with Gasteiger partial charge in [0.25, 0.3) is 0 Å². The number of hydrogen-bond donors (Lipinski definition) is 2. The lowest BCUT2D eigenvalue weighted by Gasteiger charge is -2.10. The Morgan fingerprint density at radius 2 is 1.85 bits per heavy atom. The monoisotopic (exact) mass is 278 g/mol. The molecule has 0 bridgehead atoms. The number of anilines is 3. The van der Waals surface area contributed by atoms with Crippen molar-refractivity contribution in [2.75, 3.05) is 17.2 Å². The molecule has 0 spiro atoms. The largest absolute Gasteiger partial charge is 0.370 e. The first-order chi connectivity index (χ1) is 9.58. The summed E-state index contributed by atoms with van der Waals surface area (Å²) >= 11 is 0. The molecule has 0 aliphatic rings. The number of halogens is 2. The van der Waals surface area contributed by atoms with E-state index >= 15 is 0 Å². The Morgan fingerprint density at radius 3 is 2.55 bits per heavy atom. The minimum Gasteiger partial charge on any atom is -0.370 e. The van der Waals surface area contributed by atoms with Gasteiger partial charge in [-0.15, -0.1) is 0 Å². The van der Waals surface area contributed by atoms with Crippen molar-refractivity contribution >= 4 is 17.3 Å². The van der Waals surface area contributed by atoms with Crippen LogP contribution in [0, 0.1) is 18.6 Å². The van der Waals surface area contributed by atoms with E-state index in [4.69, 9.17) is 0 Å². The third-order valence-electron chi connectivity index (χ3n) is 2.59. The van der Waals surface area contributed by atoms with Crippen LogP contribution in [0.4, 0.5) is 26.1 Å². The zero-order valence-electron chi connectivity index (χ0n) is 11.4. The Morgan fingerprint density at radius 1 is 1.10 bits per heavy atom. The van der Waals surface area contributed by atoms with Gasteiger partial charge in [0, 0.05) is 18.7 Å². The summed E-state index contributed by atoms with van der Waals surface area (Å²) in [6.45, 7) is 4.60. The molecular weight excluding hydrogens is 262 g/mol. The van der Waals surface area contributed by atoms with Crippen molar-refractivity contribution in [1.29, 1.82) is 0 Å². The van der Waals surface area contributed by atoms with Crippen molar-refractivity contribution < 1.29 is 8.78 Å². The molecule has 0 radical (unpaired) electrons. The lowest BCUT2D eigenvalue weighted by Crippen LogP contribution is -2.06. The van der Waals surface area contributed by atoms with E-state index in [1.165, 1.54) is 12.1 Å². The van der Waals surface area contributed by atoms with Gasteiger partial charge in [0.15, 0.2) is 0 Å². The average molecular weight is 278 g/mol. The van der Waals surface area contributed by atoms with E-state index in [1.807, 2.05) is 6.92 Å². The van der Waals surface area contributed by atoms with Crippen LogP contribution in [0.25, 0.3) is 0 Å². The smallest absolute Gasteiger partial charge is 0.149 e. The summed E-state index contributed by atoms with van der Waals surface area (Å²) in [6, 6.07) is 5.04. The van der Waals surface area contributed by atoms with Crippen molar-refractivity contribution in [2.24, 2.45) is 0 Å². The summed E-state index contributed by atoms with van der Waals surface area (Å²) in [5, 5.41) is 5.96. The normalized spacial score (nSPS) is 10.4. The molecule has 6 heteroatoms. The molecule has 20 heavy (non-hydrogen) atoms. The number of nitrogens with zero attached hydrogens (tertiary/aromatic N) is 2. The van der Waals surface area contributed by atoms with Gasteiger partial charge in [0.1, 0.15) is 29.1 Å². The molecule has 2 aromatic rings. The molecule has 2 N–H and O–H groups in total. The van der Waals surface area contributed by atoms with Crippen LogP contribution < -0.4 is 10.6 Å². The topological polar surface area (TPSA) is 49.8 Å². The van der Waals surface area contributed by atoms with E-state index in [2.05, 4.69) is 20.6 Å². The van der Waals surface area contributed by atoms with Crippen molar-refractivity contribution in [3.63, 3.8) is 0 Å². The standard InChI is InChI=1S/C14H16F2N4/c1-3-6-17-13-8-14(19-9(2)18-13)20-12-5-4-10(15)7-11(12)16/h4-5,7-8H,3,6H2,1-2H3,(H2,17,18,19,20). The summed E-state index contributed by atoms with van der Waals surface area (Å²) in [6.07, 6.45) is 0.971. The number of nitrogens with one attached hydrogen (secondary N) is 2. The van der Waals surface area contributed by atoms with Gasteiger partial charge in [-0.1, -0.05) is 6.92 Å². The Balaban J connectivity index is 2.21. The van der Waals surface area contributed by atoms with E-state index < -0.39 is 11.6 Å². The Bertz CT molecular complexity index is 602. The first-order valence-corrected chi connectivity index (χ1v) is 6.40. The minimum absolute atomic E-state index is 0.172. The van der Waals surface area contributed by atoms with Gasteiger partial charge < -0.3 is 10.6 Å². The lowest BCUT2D eigenvalue weighted by atomic mass is 10.3. The molecule has 106 valence electrons. The van der Waals surface area contributed by atoms with E-state index in [-0.39, 0.29) is 5.69 Å². The molecule has 0 saturated heterocycles. The molecule has 1 heterocycles. The second-order valence-corrected chi connectivity index (χ2v) is 4.36. The van der Waals surface area contributed by atoms with Crippen molar-refractivity contribution in [3.8, 4) is 0 Å². The highest BCUT2D eigenvalue weighted by Crippen LogP contribution is 2.21. The molecule has 1 aromatic heterocycles. The molecule has 0 fully saturated rings. The van der Waals surface area contributed by atoms with Gasteiger partial charge in [-0.3, -0.25) is 0 Å². The van der Waals surface area contributed by atoms with Gasteiger partial charge in [-0.25, -0.2) is 18.7 Å². The van der Waals surface area contributed by atoms with Crippen molar-refractivity contribution in [1.82, 2.24) is 9.97 Å². The zero-order chi connectivity index (χ0) is 14.5. The molecule has 4 nitrogen and oxygen atoms in total. The van der Waals surface area contributed by atoms with Crippen LogP contribution in [0.3, 0.4) is 0 Å². The van der Waals surface area contributed by atoms with E-state index in [9.17, 15) is 8.78 Å². The second kappa shape index (κ2) is 6.27. The summed E-state index contributed by atoms with van der Waals surface area (Å²) in [5.41, 5.74) is 0.172. The molecule has 0 atom stereocenters. The van der Waals surface area contributed by atoms with Gasteiger partial charge in [0.2, 0.25) is 0 Å². The SMILES string of the molecule is CCCNc1cc(Nc2ccc(F)cc2F)nc(C)n1. The van der Waals surface area contributed by atoms with Crippen LogP contribution in [0.5, 0.6) is 0 Å². The van der Waals surface area contributed by atoms with Crippen LogP contribution in [-0.2, 0) is 0 Å². The fourth-order valence-corrected chi connectivity index (χ4v) is 1.70. The maximum atomic E-state index is 13.6. The molecule has 0 saturated carbocycles. The van der Waals surface area contributed by atoms with Crippen LogP contribution in [-0.4, -0.2) is 16.5 Å². The first-order valence-electron chi connectivity index (χ1n) is 6.40. The van der Waals surface area contributed by atoms with Crippen LogP contribution in [0.1, 0.15) is 19.2 Å². The predicted octanol–water partition coefficient (Wildman–Crippen LogP) is 3.63. The summed E-state index contributed by atoms with van der Waals surface area (Å²) in [7, 11) is 0. The zero-order valence-corrected chi connectivity index (χ0v) is 11.4. The minimum atomic E-state index is -0.663. The first kappa shape index (κ1) is 14.2. The van der Waals surface area contributed by atoms with Crippen LogP contribution >= 0.6 is 0 Å². The fourth-order valence-electron chi connectivity index (χ4n) is 1.70. The number of aromatic nitrogens is 2. The summed E-state index contributed by atoms with van der Waals surface area (Å²) in [4.78, 5) is 8.41. The number of aryl methyl sites for hydroxylation is 1. The fraction of sp³-hybridized carbons (Fsp3) is 0.286. The summed E-state index contributed by atoms with van der Waals surface area (Å²) in [5.74, 6) is 0.420. The highest BCUT2D eigenvalue weighted by atomic mass is 19.1. The van der Waals surface area contributed by atoms with E-state index in [0.29, 0.717) is 17.5 Å². The highest BCUT2D eigenvalue weighted by Gasteiger charge is 2.06. The van der Waals surface area contributed by atoms with E-state index in [0.717, 1.165) is 19.0 Å². The molecular formula is C14H16F2N4. The second-order valence-electron chi connectivity index (χ2n) is 4.36. The maximum absolute atomic E-state index is 13.6. The van der Waals surface area contributed by atoms with Crippen molar-refractivity contribution in [2.45, 2.75) is 20.3 Å². The number of hydrogen-bond acceptors (Lipinski definition) is 4. The predicted molar refractivity (Wildman–Crippen MR) is 75.2 cm³/mol. The van der Waals surface area contributed by atoms with Gasteiger partial charge in [0.05, 0.1) is 5.69 Å². The van der Waals surface area contributed by atoms with Crippen molar-refractivity contribution in [3.05, 3.63) is 41.7 Å². The molecule has 0 aliphatic carbocycles. The average Bonchev–Trinajstić information content (AvgIpc) is 2.39. The summed E-state index contributed by atoms with van der Waals surface area (Å²) < 4.78 is 26.4. The Hall–Kier alpha value is -2.24. The van der Waals surface area contributed by atoms with Gasteiger partial charge in [-0.2, -0.15) is 0 Å². The lowest BCUT2D eigenvalue weighted by molar-refractivity contribution is 0.586. The third kappa shape index (κ3) is 3.63. The Kier molecular flexibility index (Phi) is 4.45.